The number of nitrogens with zero attached hydrogens (tertiary/aromatic N) is 1. The molecule has 0 aliphatic heterocycles. The number of carbonyl (C=O) groups is 1. The van der Waals surface area contributed by atoms with Crippen molar-refractivity contribution in [3.05, 3.63) is 29.3 Å². The maximum atomic E-state index is 12.8. The van der Waals surface area contributed by atoms with Crippen molar-refractivity contribution < 1.29 is 19.4 Å². The van der Waals surface area contributed by atoms with Gasteiger partial charge in [0.2, 0.25) is 5.95 Å². The summed E-state index contributed by atoms with van der Waals surface area (Å²) in [5.41, 5.74) is -0.0713. The molecule has 4 nitrogen and oxygen atoms in total. The van der Waals surface area contributed by atoms with E-state index in [1.165, 1.54) is 0 Å². The van der Waals surface area contributed by atoms with Gasteiger partial charge in [0.15, 0.2) is 6.29 Å². The van der Waals surface area contributed by atoms with Crippen LogP contribution in [0.2, 0.25) is 0 Å². The molecule has 0 fully saturated rings. The number of aromatic nitrogens is 1. The fourth-order valence-corrected chi connectivity index (χ4v) is 1.25. The number of hydrogen-bond acceptors (Lipinski definition) is 5. The first-order valence-corrected chi connectivity index (χ1v) is 4.81. The van der Waals surface area contributed by atoms with E-state index in [0.717, 1.165) is 12.3 Å². The number of thiol groups is 1. The van der Waals surface area contributed by atoms with Gasteiger partial charge in [-0.15, -0.1) is 0 Å². The van der Waals surface area contributed by atoms with Gasteiger partial charge in [0, 0.05) is 17.5 Å². The van der Waals surface area contributed by atoms with Gasteiger partial charge in [0.1, 0.15) is 6.10 Å². The van der Waals surface area contributed by atoms with Crippen LogP contribution in [0.25, 0.3) is 0 Å². The second-order valence-corrected chi connectivity index (χ2v) is 3.33. The Kier molecular flexibility index (Phi) is 4.19. The van der Waals surface area contributed by atoms with Crippen LogP contribution in [-0.2, 0) is 0 Å². The van der Waals surface area contributed by atoms with Crippen LogP contribution in [0.5, 0.6) is 0 Å². The van der Waals surface area contributed by atoms with Gasteiger partial charge in [0.25, 0.3) is 0 Å². The number of aliphatic hydroxyl groups is 2. The first-order valence-electron chi connectivity index (χ1n) is 4.17. The van der Waals surface area contributed by atoms with Crippen molar-refractivity contribution in [3.8, 4) is 0 Å². The monoisotopic (exact) mass is 231 g/mol. The number of aldehydes is 1. The summed E-state index contributed by atoms with van der Waals surface area (Å²) in [5.74, 6) is -0.851. The number of rotatable bonds is 4. The fraction of sp³-hybridized carbons (Fsp3) is 0.333. The van der Waals surface area contributed by atoms with E-state index in [4.69, 9.17) is 0 Å². The molecule has 0 saturated carbocycles. The van der Waals surface area contributed by atoms with Crippen LogP contribution >= 0.6 is 12.6 Å². The molecule has 0 spiro atoms. The summed E-state index contributed by atoms with van der Waals surface area (Å²) >= 11 is 3.80. The molecule has 0 aliphatic rings. The molecule has 6 heteroatoms. The summed E-state index contributed by atoms with van der Waals surface area (Å²) in [7, 11) is 0. The zero-order valence-electron chi connectivity index (χ0n) is 7.67. The van der Waals surface area contributed by atoms with Crippen molar-refractivity contribution in [1.82, 2.24) is 4.98 Å². The van der Waals surface area contributed by atoms with E-state index in [0.29, 0.717) is 6.29 Å². The molecule has 0 aromatic carbocycles. The minimum absolute atomic E-state index is 0.0506. The molecule has 0 amide bonds. The predicted molar refractivity (Wildman–Crippen MR) is 54.4 cm³/mol. The van der Waals surface area contributed by atoms with Gasteiger partial charge < -0.3 is 10.2 Å². The third kappa shape index (κ3) is 2.74. The largest absolute Gasteiger partial charge is 0.389 e. The lowest BCUT2D eigenvalue weighted by Gasteiger charge is -2.15. The first-order chi connectivity index (χ1) is 7.10. The Balaban J connectivity index is 3.00. The van der Waals surface area contributed by atoms with Crippen LogP contribution < -0.4 is 0 Å². The van der Waals surface area contributed by atoms with Crippen LogP contribution in [0.4, 0.5) is 4.39 Å². The van der Waals surface area contributed by atoms with Crippen molar-refractivity contribution in [2.24, 2.45) is 0 Å². The lowest BCUT2D eigenvalue weighted by atomic mass is 10.1. The van der Waals surface area contributed by atoms with E-state index in [1.807, 2.05) is 0 Å². The average molecular weight is 231 g/mol. The van der Waals surface area contributed by atoms with E-state index in [1.54, 1.807) is 0 Å². The van der Waals surface area contributed by atoms with Crippen LogP contribution in [0, 0.1) is 5.95 Å². The number of hydrogen-bond donors (Lipinski definition) is 3. The van der Waals surface area contributed by atoms with Crippen molar-refractivity contribution in [2.45, 2.75) is 12.2 Å². The standard InChI is InChI=1S/C9H10FNO3S/c10-9-6(3-12)1-5(2-11-9)8(14)7(13)4-15/h1-3,7-8,13-15H,4H2. The maximum absolute atomic E-state index is 12.8. The second kappa shape index (κ2) is 5.20. The normalized spacial score (nSPS) is 14.7. The fourth-order valence-electron chi connectivity index (χ4n) is 1.05. The summed E-state index contributed by atoms with van der Waals surface area (Å²) in [5, 5.41) is 18.8. The van der Waals surface area contributed by atoms with E-state index < -0.39 is 18.2 Å². The van der Waals surface area contributed by atoms with E-state index in [-0.39, 0.29) is 16.9 Å². The Morgan fingerprint density at radius 3 is 2.80 bits per heavy atom. The Labute approximate surface area is 91.2 Å². The van der Waals surface area contributed by atoms with Crippen molar-refractivity contribution >= 4 is 18.9 Å². The molecule has 1 aromatic rings. The smallest absolute Gasteiger partial charge is 0.223 e. The molecular weight excluding hydrogens is 221 g/mol. The molecule has 0 aliphatic carbocycles. The molecule has 0 radical (unpaired) electrons. The maximum Gasteiger partial charge on any atom is 0.223 e. The first kappa shape index (κ1) is 12.1. The highest BCUT2D eigenvalue weighted by atomic mass is 32.1. The van der Waals surface area contributed by atoms with Gasteiger partial charge in [-0.3, -0.25) is 4.79 Å². The Hall–Kier alpha value is -0.980. The SMILES string of the molecule is O=Cc1cc(C(O)C(O)CS)cnc1F. The van der Waals surface area contributed by atoms with Crippen molar-refractivity contribution in [3.63, 3.8) is 0 Å². The Bertz CT molecular complexity index is 361. The summed E-state index contributed by atoms with van der Waals surface area (Å²) in [4.78, 5) is 13.7. The van der Waals surface area contributed by atoms with Gasteiger partial charge in [0.05, 0.1) is 11.7 Å². The molecule has 15 heavy (non-hydrogen) atoms. The van der Waals surface area contributed by atoms with Crippen LogP contribution in [-0.4, -0.2) is 33.3 Å². The molecule has 1 heterocycles. The van der Waals surface area contributed by atoms with E-state index in [9.17, 15) is 19.4 Å². The third-order valence-electron chi connectivity index (χ3n) is 1.91. The van der Waals surface area contributed by atoms with Crippen molar-refractivity contribution in [1.29, 1.82) is 0 Å². The molecule has 2 atom stereocenters. The average Bonchev–Trinajstić information content (AvgIpc) is 2.27. The number of carbonyl (C=O) groups excluding carboxylic acids is 1. The van der Waals surface area contributed by atoms with Crippen LogP contribution in [0.3, 0.4) is 0 Å². The molecule has 2 N–H and O–H groups in total. The van der Waals surface area contributed by atoms with Gasteiger partial charge in [-0.05, 0) is 6.07 Å². The van der Waals surface area contributed by atoms with Gasteiger partial charge in [-0.1, -0.05) is 0 Å². The zero-order valence-corrected chi connectivity index (χ0v) is 8.56. The lowest BCUT2D eigenvalue weighted by Crippen LogP contribution is -2.20. The van der Waals surface area contributed by atoms with E-state index in [2.05, 4.69) is 17.6 Å². The minimum atomic E-state index is -1.23. The molecule has 0 bridgehead atoms. The molecule has 2 unspecified atom stereocenters. The second-order valence-electron chi connectivity index (χ2n) is 2.96. The summed E-state index contributed by atoms with van der Waals surface area (Å²) in [6, 6.07) is 1.15. The summed E-state index contributed by atoms with van der Waals surface area (Å²) in [6.45, 7) is 0. The third-order valence-corrected chi connectivity index (χ3v) is 2.28. The van der Waals surface area contributed by atoms with Gasteiger partial charge >= 0.3 is 0 Å². The number of aliphatic hydroxyl groups excluding tert-OH is 2. The van der Waals surface area contributed by atoms with Crippen LogP contribution in [0.15, 0.2) is 12.3 Å². The summed E-state index contributed by atoms with van der Waals surface area (Å²) in [6.07, 6.45) is -0.944. The van der Waals surface area contributed by atoms with Gasteiger partial charge in [-0.25, -0.2) is 4.98 Å². The Morgan fingerprint density at radius 2 is 2.27 bits per heavy atom. The Morgan fingerprint density at radius 1 is 1.60 bits per heavy atom. The highest BCUT2D eigenvalue weighted by Gasteiger charge is 2.18. The number of halogens is 1. The molecule has 1 rings (SSSR count). The quantitative estimate of drug-likeness (QED) is 0.397. The van der Waals surface area contributed by atoms with Gasteiger partial charge in [-0.2, -0.15) is 17.0 Å². The summed E-state index contributed by atoms with van der Waals surface area (Å²) < 4.78 is 12.8. The number of pyridine rings is 1. The molecular formula is C9H10FNO3S. The predicted octanol–water partition coefficient (Wildman–Crippen LogP) is 0.357. The highest BCUT2D eigenvalue weighted by Crippen LogP contribution is 2.18. The van der Waals surface area contributed by atoms with Crippen molar-refractivity contribution in [2.75, 3.05) is 5.75 Å². The lowest BCUT2D eigenvalue weighted by molar-refractivity contribution is 0.0334. The molecule has 0 saturated heterocycles. The molecule has 82 valence electrons. The molecule has 1 aromatic heterocycles. The zero-order chi connectivity index (χ0) is 11.4. The topological polar surface area (TPSA) is 70.4 Å². The highest BCUT2D eigenvalue weighted by molar-refractivity contribution is 7.80. The minimum Gasteiger partial charge on any atom is -0.389 e. The van der Waals surface area contributed by atoms with E-state index >= 15 is 0 Å². The van der Waals surface area contributed by atoms with Crippen LogP contribution in [0.1, 0.15) is 22.0 Å².